The van der Waals surface area contributed by atoms with Gasteiger partial charge in [0.05, 0.1) is 0 Å². The van der Waals surface area contributed by atoms with E-state index in [-0.39, 0.29) is 0 Å². The Bertz CT molecular complexity index is 649. The molecule has 0 bridgehead atoms. The number of alkyl halides is 1. The number of hydrogen-bond donors (Lipinski definition) is 1. The number of nitrogens with one attached hydrogen (secondary N) is 1. The highest BCUT2D eigenvalue weighted by molar-refractivity contribution is 7.15. The normalized spacial score (nSPS) is 15.9. The molecule has 0 aliphatic heterocycles. The van der Waals surface area contributed by atoms with Gasteiger partial charge in [0.2, 0.25) is 0 Å². The summed E-state index contributed by atoms with van der Waals surface area (Å²) in [6.45, 7) is 2.05. The van der Waals surface area contributed by atoms with Crippen molar-refractivity contribution in [3.8, 4) is 0 Å². The summed E-state index contributed by atoms with van der Waals surface area (Å²) in [4.78, 5) is 16.8. The van der Waals surface area contributed by atoms with Gasteiger partial charge in [0.15, 0.2) is 10.8 Å². The average Bonchev–Trinajstić information content (AvgIpc) is 3.01. The maximum absolute atomic E-state index is 13.5. The number of hydrogen-bond acceptors (Lipinski definition) is 3. The zero-order valence-corrected chi connectivity index (χ0v) is 12.0. The molecule has 0 radical (unpaired) electrons. The smallest absolute Gasteiger partial charge is 0.263 e. The zero-order chi connectivity index (χ0) is 14.2. The van der Waals surface area contributed by atoms with E-state index in [2.05, 4.69) is 35.4 Å². The largest absolute Gasteiger partial charge is 0.299 e. The highest BCUT2D eigenvalue weighted by Crippen LogP contribution is 2.40. The fourth-order valence-electron chi connectivity index (χ4n) is 2.02. The minimum absolute atomic E-state index is 0.320. The van der Waals surface area contributed by atoms with Gasteiger partial charge in [-0.05, 0) is 25.3 Å². The summed E-state index contributed by atoms with van der Waals surface area (Å²) >= 11 is 1.40. The molecule has 1 fully saturated rings. The molecular formula is C15H15FN2OS. The van der Waals surface area contributed by atoms with Crippen molar-refractivity contribution < 1.29 is 9.18 Å². The summed E-state index contributed by atoms with van der Waals surface area (Å²) in [5.74, 6) is -0.561. The quantitative estimate of drug-likeness (QED) is 0.936. The van der Waals surface area contributed by atoms with E-state index in [4.69, 9.17) is 0 Å². The Labute approximate surface area is 120 Å². The number of aromatic nitrogens is 1. The molecule has 1 heterocycles. The predicted octanol–water partition coefficient (Wildman–Crippen LogP) is 3.48. The number of carbonyl (C=O) groups excluding carboxylic acids is 1. The van der Waals surface area contributed by atoms with Gasteiger partial charge < -0.3 is 0 Å². The molecule has 3 nitrogen and oxygen atoms in total. The fraction of sp³-hybridized carbons (Fsp3) is 0.333. The Morgan fingerprint density at radius 1 is 1.50 bits per heavy atom. The van der Waals surface area contributed by atoms with Crippen LogP contribution in [0.1, 0.15) is 28.8 Å². The van der Waals surface area contributed by atoms with E-state index in [0.717, 1.165) is 11.3 Å². The number of nitrogens with zero attached hydrogens (tertiary/aromatic N) is 1. The number of halogens is 1. The summed E-state index contributed by atoms with van der Waals surface area (Å²) in [5.41, 5.74) is 0.770. The minimum Gasteiger partial charge on any atom is -0.299 e. The highest BCUT2D eigenvalue weighted by atomic mass is 32.1. The van der Waals surface area contributed by atoms with Gasteiger partial charge in [-0.25, -0.2) is 9.37 Å². The van der Waals surface area contributed by atoms with E-state index >= 15 is 0 Å². The Morgan fingerprint density at radius 2 is 2.30 bits per heavy atom. The molecule has 0 spiro atoms. The first-order valence-electron chi connectivity index (χ1n) is 6.56. The van der Waals surface area contributed by atoms with Crippen LogP contribution in [-0.2, 0) is 11.2 Å². The summed E-state index contributed by atoms with van der Waals surface area (Å²) in [6, 6.07) is 8.26. The van der Waals surface area contributed by atoms with E-state index in [1.807, 2.05) is 6.07 Å². The molecule has 3 rings (SSSR count). The van der Waals surface area contributed by atoms with Crippen LogP contribution in [-0.4, -0.2) is 16.6 Å². The van der Waals surface area contributed by atoms with Crippen LogP contribution in [0.3, 0.4) is 0 Å². The number of thiazole rings is 1. The first-order chi connectivity index (χ1) is 9.55. The SMILES string of the molecule is Cc1cccc(Cc2cnc(NC(=O)C3(F)CC3)s2)c1. The Hall–Kier alpha value is -1.75. The Balaban J connectivity index is 1.66. The third kappa shape index (κ3) is 2.88. The van der Waals surface area contributed by atoms with Crippen LogP contribution in [0.5, 0.6) is 0 Å². The van der Waals surface area contributed by atoms with Gasteiger partial charge in [-0.2, -0.15) is 0 Å². The van der Waals surface area contributed by atoms with E-state index in [1.54, 1.807) is 6.20 Å². The highest BCUT2D eigenvalue weighted by Gasteiger charge is 2.51. The first-order valence-corrected chi connectivity index (χ1v) is 7.37. The molecule has 1 N–H and O–H groups in total. The van der Waals surface area contributed by atoms with Crippen molar-refractivity contribution in [1.29, 1.82) is 0 Å². The van der Waals surface area contributed by atoms with E-state index in [0.29, 0.717) is 18.0 Å². The molecule has 1 amide bonds. The van der Waals surface area contributed by atoms with Gasteiger partial charge in [0, 0.05) is 17.5 Å². The van der Waals surface area contributed by atoms with Crippen LogP contribution in [0.2, 0.25) is 0 Å². The predicted molar refractivity (Wildman–Crippen MR) is 77.8 cm³/mol. The maximum atomic E-state index is 13.5. The van der Waals surface area contributed by atoms with Crippen LogP contribution in [0.25, 0.3) is 0 Å². The molecule has 5 heteroatoms. The summed E-state index contributed by atoms with van der Waals surface area (Å²) in [7, 11) is 0. The number of benzene rings is 1. The maximum Gasteiger partial charge on any atom is 0.263 e. The van der Waals surface area contributed by atoms with Crippen molar-refractivity contribution in [2.24, 2.45) is 0 Å². The number of aryl methyl sites for hydroxylation is 1. The monoisotopic (exact) mass is 290 g/mol. The molecule has 1 aliphatic rings. The summed E-state index contributed by atoms with van der Waals surface area (Å²) in [6.07, 6.45) is 3.15. The van der Waals surface area contributed by atoms with Crippen LogP contribution in [0.15, 0.2) is 30.5 Å². The molecule has 104 valence electrons. The molecule has 1 saturated carbocycles. The molecule has 1 aliphatic carbocycles. The van der Waals surface area contributed by atoms with Crippen molar-refractivity contribution in [2.75, 3.05) is 5.32 Å². The third-order valence-electron chi connectivity index (χ3n) is 3.33. The number of anilines is 1. The number of carbonyl (C=O) groups is 1. The van der Waals surface area contributed by atoms with Crippen LogP contribution >= 0.6 is 11.3 Å². The van der Waals surface area contributed by atoms with Gasteiger partial charge in [0.1, 0.15) is 0 Å². The van der Waals surface area contributed by atoms with Gasteiger partial charge in [-0.15, -0.1) is 11.3 Å². The van der Waals surface area contributed by atoms with Crippen molar-refractivity contribution in [3.05, 3.63) is 46.5 Å². The number of rotatable bonds is 4. The average molecular weight is 290 g/mol. The lowest BCUT2D eigenvalue weighted by molar-refractivity contribution is -0.122. The number of amides is 1. The lowest BCUT2D eigenvalue weighted by Gasteiger charge is -2.03. The molecule has 2 aromatic rings. The minimum atomic E-state index is -1.65. The van der Waals surface area contributed by atoms with Crippen molar-refractivity contribution >= 4 is 22.4 Å². The molecule has 1 aromatic carbocycles. The van der Waals surface area contributed by atoms with Crippen LogP contribution < -0.4 is 5.32 Å². The zero-order valence-electron chi connectivity index (χ0n) is 11.1. The van der Waals surface area contributed by atoms with E-state index in [9.17, 15) is 9.18 Å². The van der Waals surface area contributed by atoms with Gasteiger partial charge in [-0.3, -0.25) is 10.1 Å². The second-order valence-electron chi connectivity index (χ2n) is 5.22. The fourth-order valence-corrected chi connectivity index (χ4v) is 2.86. The lowest BCUT2D eigenvalue weighted by Crippen LogP contribution is -2.25. The van der Waals surface area contributed by atoms with Crippen molar-refractivity contribution in [2.45, 2.75) is 31.9 Å². The molecule has 20 heavy (non-hydrogen) atoms. The van der Waals surface area contributed by atoms with E-state index < -0.39 is 11.6 Å². The van der Waals surface area contributed by atoms with E-state index in [1.165, 1.54) is 22.5 Å². The van der Waals surface area contributed by atoms with Crippen LogP contribution in [0, 0.1) is 6.92 Å². The Morgan fingerprint density at radius 3 is 3.00 bits per heavy atom. The Kier molecular flexibility index (Phi) is 3.30. The molecular weight excluding hydrogens is 275 g/mol. The molecule has 0 atom stereocenters. The van der Waals surface area contributed by atoms with Gasteiger partial charge >= 0.3 is 0 Å². The topological polar surface area (TPSA) is 42.0 Å². The summed E-state index contributed by atoms with van der Waals surface area (Å²) < 4.78 is 13.5. The van der Waals surface area contributed by atoms with Crippen molar-refractivity contribution in [1.82, 2.24) is 4.98 Å². The van der Waals surface area contributed by atoms with Crippen LogP contribution in [0.4, 0.5) is 9.52 Å². The molecule has 0 unspecified atom stereocenters. The second-order valence-corrected chi connectivity index (χ2v) is 6.33. The lowest BCUT2D eigenvalue weighted by atomic mass is 10.1. The first kappa shape index (κ1) is 13.2. The van der Waals surface area contributed by atoms with Gasteiger partial charge in [-0.1, -0.05) is 29.8 Å². The van der Waals surface area contributed by atoms with Crippen molar-refractivity contribution in [3.63, 3.8) is 0 Å². The summed E-state index contributed by atoms with van der Waals surface area (Å²) in [5, 5.41) is 3.03. The standard InChI is InChI=1S/C15H15FN2OS/c1-10-3-2-4-11(7-10)8-12-9-17-14(20-12)18-13(19)15(16)5-6-15/h2-4,7,9H,5-6,8H2,1H3,(H,17,18,19). The molecule has 0 saturated heterocycles. The second kappa shape index (κ2) is 4.98. The van der Waals surface area contributed by atoms with Gasteiger partial charge in [0.25, 0.3) is 5.91 Å². The molecule has 1 aromatic heterocycles. The third-order valence-corrected chi connectivity index (χ3v) is 4.24.